The Kier molecular flexibility index (Phi) is 6.70. The number of nitrogens with zero attached hydrogens (tertiary/aromatic N) is 1. The Hall–Kier alpha value is -2.38. The average molecular weight is 402 g/mol. The first-order chi connectivity index (χ1) is 13.5. The van der Waals surface area contributed by atoms with Crippen molar-refractivity contribution in [2.75, 3.05) is 30.3 Å². The van der Waals surface area contributed by atoms with Crippen LogP contribution < -0.4 is 10.6 Å². The van der Waals surface area contributed by atoms with Crippen molar-refractivity contribution in [1.82, 2.24) is 4.31 Å². The highest BCUT2D eigenvalue weighted by atomic mass is 32.2. The standard InChI is InChI=1S/C21H27N3O3S/c1-2-17-6-8-18(9-7-17)22-16-21(25)23-19-10-12-20(13-11-19)28(26,27)24-14-4-3-5-15-24/h6-13,22H,2-5,14-16H2,1H3,(H,23,25). The molecule has 2 aromatic carbocycles. The Morgan fingerprint density at radius 2 is 1.54 bits per heavy atom. The van der Waals surface area contributed by atoms with Crippen molar-refractivity contribution in [3.63, 3.8) is 0 Å². The van der Waals surface area contributed by atoms with Crippen molar-refractivity contribution >= 4 is 27.3 Å². The van der Waals surface area contributed by atoms with E-state index < -0.39 is 10.0 Å². The number of benzene rings is 2. The summed E-state index contributed by atoms with van der Waals surface area (Å²) in [6.07, 6.45) is 3.86. The van der Waals surface area contributed by atoms with Crippen LogP contribution in [0.3, 0.4) is 0 Å². The van der Waals surface area contributed by atoms with Gasteiger partial charge >= 0.3 is 0 Å². The van der Waals surface area contributed by atoms with Gasteiger partial charge in [0.1, 0.15) is 0 Å². The first-order valence-electron chi connectivity index (χ1n) is 9.72. The van der Waals surface area contributed by atoms with Crippen LogP contribution in [-0.4, -0.2) is 38.3 Å². The van der Waals surface area contributed by atoms with Crippen LogP contribution in [0.15, 0.2) is 53.4 Å². The number of carbonyl (C=O) groups excluding carboxylic acids is 1. The summed E-state index contributed by atoms with van der Waals surface area (Å²) in [5.74, 6) is -0.189. The first kappa shape index (κ1) is 20.4. The predicted octanol–water partition coefficient (Wildman–Crippen LogP) is 3.47. The average Bonchev–Trinajstić information content (AvgIpc) is 2.73. The lowest BCUT2D eigenvalue weighted by Crippen LogP contribution is -2.35. The van der Waals surface area contributed by atoms with Crippen LogP contribution in [0.25, 0.3) is 0 Å². The summed E-state index contributed by atoms with van der Waals surface area (Å²) in [5.41, 5.74) is 2.70. The van der Waals surface area contributed by atoms with E-state index in [1.165, 1.54) is 9.87 Å². The Balaban J connectivity index is 1.55. The van der Waals surface area contributed by atoms with Crippen molar-refractivity contribution in [1.29, 1.82) is 0 Å². The van der Waals surface area contributed by atoms with E-state index >= 15 is 0 Å². The fourth-order valence-corrected chi connectivity index (χ4v) is 4.73. The number of nitrogens with one attached hydrogen (secondary N) is 2. The largest absolute Gasteiger partial charge is 0.376 e. The van der Waals surface area contributed by atoms with Crippen LogP contribution in [0.2, 0.25) is 0 Å². The summed E-state index contributed by atoms with van der Waals surface area (Å²) < 4.78 is 26.8. The van der Waals surface area contributed by atoms with E-state index in [2.05, 4.69) is 17.6 Å². The number of rotatable bonds is 7. The van der Waals surface area contributed by atoms with Crippen LogP contribution in [0.4, 0.5) is 11.4 Å². The maximum atomic E-state index is 12.7. The van der Waals surface area contributed by atoms with Gasteiger partial charge in [-0.3, -0.25) is 4.79 Å². The molecular formula is C21H27N3O3S. The van der Waals surface area contributed by atoms with Crippen molar-refractivity contribution in [2.45, 2.75) is 37.5 Å². The fraction of sp³-hybridized carbons (Fsp3) is 0.381. The van der Waals surface area contributed by atoms with Crippen molar-refractivity contribution in [2.24, 2.45) is 0 Å². The number of hydrogen-bond donors (Lipinski definition) is 2. The van der Waals surface area contributed by atoms with E-state index in [1.807, 2.05) is 24.3 Å². The second-order valence-electron chi connectivity index (χ2n) is 6.94. The van der Waals surface area contributed by atoms with Gasteiger partial charge in [-0.15, -0.1) is 0 Å². The SMILES string of the molecule is CCc1ccc(NCC(=O)Nc2ccc(S(=O)(=O)N3CCCCC3)cc2)cc1. The Labute approximate surface area is 167 Å². The number of carbonyl (C=O) groups is 1. The minimum absolute atomic E-state index is 0.138. The zero-order chi connectivity index (χ0) is 20.0. The van der Waals surface area contributed by atoms with E-state index in [4.69, 9.17) is 0 Å². The van der Waals surface area contributed by atoms with Crippen molar-refractivity contribution in [3.8, 4) is 0 Å². The minimum Gasteiger partial charge on any atom is -0.376 e. The van der Waals surface area contributed by atoms with Crippen molar-refractivity contribution < 1.29 is 13.2 Å². The quantitative estimate of drug-likeness (QED) is 0.745. The summed E-state index contributed by atoms with van der Waals surface area (Å²) in [5, 5.41) is 5.86. The molecule has 0 aliphatic carbocycles. The van der Waals surface area contributed by atoms with Crippen LogP contribution in [0.5, 0.6) is 0 Å². The Morgan fingerprint density at radius 1 is 0.929 bits per heavy atom. The van der Waals surface area contributed by atoms with Crippen LogP contribution >= 0.6 is 0 Å². The molecule has 7 heteroatoms. The molecule has 0 saturated carbocycles. The second kappa shape index (κ2) is 9.21. The third kappa shape index (κ3) is 5.11. The van der Waals surface area contributed by atoms with Gasteiger partial charge < -0.3 is 10.6 Å². The van der Waals surface area contributed by atoms with E-state index in [-0.39, 0.29) is 17.3 Å². The molecule has 6 nitrogen and oxygen atoms in total. The highest BCUT2D eigenvalue weighted by Gasteiger charge is 2.25. The molecule has 0 bridgehead atoms. The monoisotopic (exact) mass is 401 g/mol. The Bertz CT molecular complexity index is 887. The van der Waals surface area contributed by atoms with Crippen LogP contribution in [0.1, 0.15) is 31.7 Å². The summed E-state index contributed by atoms with van der Waals surface area (Å²) >= 11 is 0. The normalized spacial score (nSPS) is 15.2. The van der Waals surface area contributed by atoms with E-state index in [0.717, 1.165) is 31.4 Å². The lowest BCUT2D eigenvalue weighted by Gasteiger charge is -2.25. The van der Waals surface area contributed by atoms with Gasteiger partial charge in [0.15, 0.2) is 0 Å². The van der Waals surface area contributed by atoms with Crippen LogP contribution in [0, 0.1) is 0 Å². The third-order valence-corrected chi connectivity index (χ3v) is 6.82. The van der Waals surface area contributed by atoms with Crippen LogP contribution in [-0.2, 0) is 21.2 Å². The van der Waals surface area contributed by atoms with Gasteiger partial charge in [0.25, 0.3) is 0 Å². The zero-order valence-corrected chi connectivity index (χ0v) is 17.0. The van der Waals surface area contributed by atoms with Gasteiger partial charge in [0, 0.05) is 24.5 Å². The van der Waals surface area contributed by atoms with E-state index in [0.29, 0.717) is 18.8 Å². The highest BCUT2D eigenvalue weighted by Crippen LogP contribution is 2.22. The molecule has 0 aromatic heterocycles. The zero-order valence-electron chi connectivity index (χ0n) is 16.1. The molecule has 150 valence electrons. The third-order valence-electron chi connectivity index (χ3n) is 4.91. The lowest BCUT2D eigenvalue weighted by atomic mass is 10.1. The summed E-state index contributed by atoms with van der Waals surface area (Å²) in [6, 6.07) is 14.3. The lowest BCUT2D eigenvalue weighted by molar-refractivity contribution is -0.114. The number of hydrogen-bond acceptors (Lipinski definition) is 4. The molecule has 1 aliphatic heterocycles. The van der Waals surface area contributed by atoms with E-state index in [9.17, 15) is 13.2 Å². The highest BCUT2D eigenvalue weighted by molar-refractivity contribution is 7.89. The first-order valence-corrected chi connectivity index (χ1v) is 11.2. The molecule has 0 spiro atoms. The van der Waals surface area contributed by atoms with Gasteiger partial charge in [-0.2, -0.15) is 4.31 Å². The predicted molar refractivity (Wildman–Crippen MR) is 112 cm³/mol. The van der Waals surface area contributed by atoms with Gasteiger partial charge in [-0.05, 0) is 61.2 Å². The number of aryl methyl sites for hydroxylation is 1. The maximum absolute atomic E-state index is 12.7. The second-order valence-corrected chi connectivity index (χ2v) is 8.88. The van der Waals surface area contributed by atoms with Gasteiger partial charge in [-0.25, -0.2) is 8.42 Å². The molecule has 0 unspecified atom stereocenters. The van der Waals surface area contributed by atoms with Gasteiger partial charge in [0.2, 0.25) is 15.9 Å². The summed E-state index contributed by atoms with van der Waals surface area (Å²) in [6.45, 7) is 3.38. The fourth-order valence-electron chi connectivity index (χ4n) is 3.21. The van der Waals surface area contributed by atoms with Gasteiger partial charge in [-0.1, -0.05) is 25.5 Å². The molecule has 3 rings (SSSR count). The molecule has 1 aliphatic rings. The molecule has 0 atom stereocenters. The van der Waals surface area contributed by atoms with Crippen molar-refractivity contribution in [3.05, 3.63) is 54.1 Å². The number of sulfonamides is 1. The molecule has 2 aromatic rings. The van der Waals surface area contributed by atoms with E-state index in [1.54, 1.807) is 24.3 Å². The minimum atomic E-state index is -3.45. The maximum Gasteiger partial charge on any atom is 0.243 e. The summed E-state index contributed by atoms with van der Waals surface area (Å²) in [7, 11) is -3.45. The topological polar surface area (TPSA) is 78.5 Å². The molecule has 1 amide bonds. The van der Waals surface area contributed by atoms with Gasteiger partial charge in [0.05, 0.1) is 11.4 Å². The molecule has 1 heterocycles. The molecular weight excluding hydrogens is 374 g/mol. The molecule has 2 N–H and O–H groups in total. The molecule has 1 saturated heterocycles. The Morgan fingerprint density at radius 3 is 2.14 bits per heavy atom. The number of amides is 1. The smallest absolute Gasteiger partial charge is 0.243 e. The molecule has 1 fully saturated rings. The molecule has 0 radical (unpaired) electrons. The molecule has 28 heavy (non-hydrogen) atoms. The summed E-state index contributed by atoms with van der Waals surface area (Å²) in [4.78, 5) is 12.4. The number of piperidine rings is 1. The number of anilines is 2.